The summed E-state index contributed by atoms with van der Waals surface area (Å²) in [5.41, 5.74) is 10.2. The van der Waals surface area contributed by atoms with E-state index in [1.165, 1.54) is 4.57 Å². The second kappa shape index (κ2) is 12.8. The van der Waals surface area contributed by atoms with Crippen LogP contribution in [-0.4, -0.2) is 20.8 Å². The Bertz CT molecular complexity index is 4850. The second-order valence-corrected chi connectivity index (χ2v) is 17.2. The quantitative estimate of drug-likeness (QED) is 0.166. The van der Waals surface area contributed by atoms with E-state index in [9.17, 15) is 2.74 Å². The fourth-order valence-corrected chi connectivity index (χ4v) is 11.0. The van der Waals surface area contributed by atoms with Crippen LogP contribution in [0.4, 0.5) is 0 Å². The highest BCUT2D eigenvalue weighted by atomic mass is 16.5. The summed E-state index contributed by atoms with van der Waals surface area (Å²) in [6.45, 7) is -0.420. The third-order valence-corrected chi connectivity index (χ3v) is 13.8. The van der Waals surface area contributed by atoms with Crippen LogP contribution in [0.1, 0.15) is 11.0 Å². The molecule has 14 aromatic rings. The molecular weight excluding hydrogens is 825 g/mol. The van der Waals surface area contributed by atoms with Crippen molar-refractivity contribution in [2.24, 2.45) is 0 Å². The number of rotatable bonds is 3. The molecule has 0 N–H and O–H groups in total. The first-order valence-electron chi connectivity index (χ1n) is 26.0. The number of benzene rings is 9. The predicted molar refractivity (Wildman–Crippen MR) is 271 cm³/mol. The van der Waals surface area contributed by atoms with Crippen LogP contribution in [0.25, 0.3) is 110 Å². The zero-order valence-electron chi connectivity index (χ0n) is 42.9. The molecule has 0 fully saturated rings. The lowest BCUT2D eigenvalue weighted by Gasteiger charge is -2.34. The van der Waals surface area contributed by atoms with E-state index in [4.69, 9.17) is 26.5 Å². The molecule has 0 bridgehead atoms. The maximum atomic E-state index is 9.19. The van der Waals surface area contributed by atoms with Gasteiger partial charge in [-0.2, -0.15) is 0 Å². The Morgan fingerprint density at radius 1 is 0.463 bits per heavy atom. The van der Waals surface area contributed by atoms with Gasteiger partial charge in [-0.05, 0) is 83.2 Å². The minimum Gasteiger partial charge on any atom is -0.458 e. The van der Waals surface area contributed by atoms with Crippen molar-refractivity contribution in [3.05, 3.63) is 194 Å². The van der Waals surface area contributed by atoms with Crippen LogP contribution in [0.5, 0.6) is 23.0 Å². The topological polar surface area (TPSA) is 67.5 Å². The lowest BCUT2D eigenvalue weighted by Crippen LogP contribution is -2.57. The molecule has 0 unspecified atom stereocenters. The lowest BCUT2D eigenvalue weighted by molar-refractivity contribution is 0.464. The Kier molecular flexibility index (Phi) is 5.50. The average Bonchev–Trinajstić information content (AvgIpc) is 4.20. The van der Waals surface area contributed by atoms with E-state index in [1.54, 1.807) is 18.3 Å². The molecule has 9 aromatic carbocycles. The number of pyridine rings is 1. The molecular formula is C59H32BN3O4. The number of ether oxygens (including phenoxy) is 2. The molecule has 2 aliphatic rings. The zero-order valence-corrected chi connectivity index (χ0v) is 34.9. The first kappa shape index (κ1) is 28.7. The Morgan fingerprint density at radius 2 is 1.07 bits per heavy atom. The van der Waals surface area contributed by atoms with Gasteiger partial charge in [-0.3, -0.25) is 4.98 Å². The van der Waals surface area contributed by atoms with Crippen LogP contribution in [-0.2, 0) is 0 Å². The summed E-state index contributed by atoms with van der Waals surface area (Å²) < 4.78 is 102. The molecule has 0 radical (unpaired) electrons. The minimum atomic E-state index is -0.506. The number of hydrogen-bond donors (Lipinski definition) is 0. The Hall–Kier alpha value is -9.01. The van der Waals surface area contributed by atoms with Gasteiger partial charge in [-0.15, -0.1) is 0 Å². The van der Waals surface area contributed by atoms with Crippen molar-refractivity contribution in [2.75, 3.05) is 0 Å². The molecule has 7 nitrogen and oxygen atoms in total. The van der Waals surface area contributed by atoms with E-state index in [1.807, 2.05) is 85.1 Å². The summed E-state index contributed by atoms with van der Waals surface area (Å²) in [7, 11) is 0. The van der Waals surface area contributed by atoms with Crippen molar-refractivity contribution in [3.63, 3.8) is 0 Å². The van der Waals surface area contributed by atoms with Gasteiger partial charge in [0.25, 0.3) is 6.71 Å². The van der Waals surface area contributed by atoms with Crippen LogP contribution < -0.4 is 25.9 Å². The third kappa shape index (κ3) is 4.73. The van der Waals surface area contributed by atoms with E-state index >= 15 is 0 Å². The Balaban J connectivity index is 0.944. The molecule has 310 valence electrons. The number of fused-ring (bicyclic) bond motifs is 17. The molecule has 0 atom stereocenters. The maximum absolute atomic E-state index is 9.19. The molecule has 0 saturated carbocycles. The fraction of sp³-hybridized carbons (Fsp3) is 0. The van der Waals surface area contributed by atoms with Crippen LogP contribution in [0.3, 0.4) is 0 Å². The van der Waals surface area contributed by atoms with E-state index in [-0.39, 0.29) is 33.9 Å². The number of hydrogen-bond acceptors (Lipinski definition) is 5. The number of furan rings is 2. The normalized spacial score (nSPS) is 14.7. The summed E-state index contributed by atoms with van der Waals surface area (Å²) in [6, 6.07) is 40.5. The van der Waals surface area contributed by atoms with Gasteiger partial charge in [-0.1, -0.05) is 103 Å². The molecule has 0 aliphatic carbocycles. The summed E-state index contributed by atoms with van der Waals surface area (Å²) in [5.74, 6) is 2.17. The third-order valence-electron chi connectivity index (χ3n) is 13.8. The van der Waals surface area contributed by atoms with Gasteiger partial charge in [0, 0.05) is 83.8 Å². The molecule has 0 amide bonds. The predicted octanol–water partition coefficient (Wildman–Crippen LogP) is 13.5. The van der Waals surface area contributed by atoms with E-state index in [2.05, 4.69) is 52.0 Å². The average molecular weight is 866 g/mol. The highest BCUT2D eigenvalue weighted by molar-refractivity contribution is 6.98. The van der Waals surface area contributed by atoms with Gasteiger partial charge in [0.05, 0.1) is 39.2 Å². The Morgan fingerprint density at radius 3 is 1.82 bits per heavy atom. The van der Waals surface area contributed by atoms with Gasteiger partial charge in [0.2, 0.25) is 0 Å². The highest BCUT2D eigenvalue weighted by Crippen LogP contribution is 2.46. The monoisotopic (exact) mass is 865 g/mol. The molecule has 16 rings (SSSR count). The molecule has 0 saturated heterocycles. The summed E-state index contributed by atoms with van der Waals surface area (Å²) in [5, 5.41) is 5.99. The molecule has 5 aromatic heterocycles. The molecule has 2 aliphatic heterocycles. The van der Waals surface area contributed by atoms with Gasteiger partial charge >= 0.3 is 0 Å². The number of nitrogens with zero attached hydrogens (tertiary/aromatic N) is 3. The largest absolute Gasteiger partial charge is 0.458 e. The van der Waals surface area contributed by atoms with Crippen molar-refractivity contribution in [3.8, 4) is 45.5 Å². The SMILES string of the molecule is [2H]c1c([2H])c([2H])c2c(c1[2H])c1c([2H])c([2H])c([2H])c([2H])c1n2-c1ccc2c(c1)Oc1cc(-c3cccc4c3oc3ccc5oc6ccccc6c5c34)cc3c1B2c1ccc(-n2c4ccccc4c4ccncc42)cc1O3. The van der Waals surface area contributed by atoms with Crippen LogP contribution in [0.2, 0.25) is 0 Å². The van der Waals surface area contributed by atoms with Crippen LogP contribution >= 0.6 is 0 Å². The summed E-state index contributed by atoms with van der Waals surface area (Å²) in [4.78, 5) is 4.52. The van der Waals surface area contributed by atoms with E-state index in [0.29, 0.717) is 39.9 Å². The van der Waals surface area contributed by atoms with Crippen molar-refractivity contribution >= 4 is 111 Å². The molecule has 67 heavy (non-hydrogen) atoms. The van der Waals surface area contributed by atoms with Gasteiger partial charge in [0.15, 0.2) is 0 Å². The van der Waals surface area contributed by atoms with Gasteiger partial charge < -0.3 is 27.4 Å². The van der Waals surface area contributed by atoms with Crippen LogP contribution in [0, 0.1) is 0 Å². The Labute approximate surface area is 392 Å². The first-order valence-corrected chi connectivity index (χ1v) is 22.0. The fourth-order valence-electron chi connectivity index (χ4n) is 11.0. The standard InChI is InChI=1S/C59H32BN3O4/c1-5-16-45-37(10-1)38-11-2-6-17-46(38)62(45)34-20-22-43-52(30-34)65-54-28-33(36-14-9-15-42-57-51(67-59(36)42)25-24-50-56(57)41-13-4-8-19-49(41)64-50)29-55-58(54)60(43)44-23-21-35(31-53(44)66-55)63-47-18-7-3-12-39(47)40-26-27-61-32-48(40)63/h1-32H/i1D,2D,5D,6D,10D,11D,16D,17D. The smallest absolute Gasteiger partial charge is 0.260 e. The van der Waals surface area contributed by atoms with Crippen molar-refractivity contribution in [1.82, 2.24) is 14.1 Å². The highest BCUT2D eigenvalue weighted by Gasteiger charge is 2.41. The maximum Gasteiger partial charge on any atom is 0.260 e. The zero-order chi connectivity index (χ0) is 50.4. The van der Waals surface area contributed by atoms with E-state index in [0.717, 1.165) is 87.7 Å². The van der Waals surface area contributed by atoms with Crippen molar-refractivity contribution in [2.45, 2.75) is 0 Å². The second-order valence-electron chi connectivity index (χ2n) is 17.2. The van der Waals surface area contributed by atoms with Gasteiger partial charge in [-0.25, -0.2) is 0 Å². The number of para-hydroxylation sites is 5. The molecule has 7 heterocycles. The number of aromatic nitrogens is 3. The lowest BCUT2D eigenvalue weighted by atomic mass is 9.35. The summed E-state index contributed by atoms with van der Waals surface area (Å²) in [6.07, 6.45) is 3.68. The molecule has 0 spiro atoms. The minimum absolute atomic E-state index is 0.00378. The van der Waals surface area contributed by atoms with Crippen molar-refractivity contribution in [1.29, 1.82) is 0 Å². The van der Waals surface area contributed by atoms with E-state index < -0.39 is 43.0 Å². The van der Waals surface area contributed by atoms with Gasteiger partial charge in [0.1, 0.15) is 45.3 Å². The molecule has 8 heteroatoms. The van der Waals surface area contributed by atoms with Crippen molar-refractivity contribution < 1.29 is 29.3 Å². The summed E-state index contributed by atoms with van der Waals surface area (Å²) >= 11 is 0. The van der Waals surface area contributed by atoms with Crippen LogP contribution in [0.15, 0.2) is 203 Å². The first-order chi connectivity index (χ1) is 36.5.